The lowest BCUT2D eigenvalue weighted by atomic mass is 10.0. The van der Waals surface area contributed by atoms with Gasteiger partial charge < -0.3 is 19.5 Å². The summed E-state index contributed by atoms with van der Waals surface area (Å²) in [6.45, 7) is 0.398. The zero-order valence-electron chi connectivity index (χ0n) is 17.7. The fourth-order valence-electron chi connectivity index (χ4n) is 3.15. The Hall–Kier alpha value is -3.84. The molecular weight excluding hydrogens is 424 g/mol. The average Bonchev–Trinajstić information content (AvgIpc) is 3.37. The number of ether oxygens (including phenoxy) is 3. The van der Waals surface area contributed by atoms with Gasteiger partial charge in [0.2, 0.25) is 0 Å². The largest absolute Gasteiger partial charge is 0.497 e. The van der Waals surface area contributed by atoms with Crippen molar-refractivity contribution in [3.63, 3.8) is 0 Å². The van der Waals surface area contributed by atoms with Gasteiger partial charge in [-0.1, -0.05) is 12.1 Å². The summed E-state index contributed by atoms with van der Waals surface area (Å²) in [5.74, 6) is 1.97. The number of methoxy groups -OCH3 is 2. The van der Waals surface area contributed by atoms with Gasteiger partial charge in [-0.15, -0.1) is 11.3 Å². The van der Waals surface area contributed by atoms with Gasteiger partial charge in [0.15, 0.2) is 0 Å². The zero-order valence-corrected chi connectivity index (χ0v) is 18.5. The van der Waals surface area contributed by atoms with Crippen LogP contribution in [0.25, 0.3) is 11.1 Å². The second-order valence-corrected chi connectivity index (χ2v) is 7.61. The van der Waals surface area contributed by atoms with Crippen LogP contribution in [0, 0.1) is 0 Å². The molecule has 32 heavy (non-hydrogen) atoms. The van der Waals surface area contributed by atoms with Gasteiger partial charge in [-0.05, 0) is 60.2 Å². The maximum atomic E-state index is 12.7. The van der Waals surface area contributed by atoms with Gasteiger partial charge in [-0.25, -0.2) is 4.98 Å². The fourth-order valence-corrected chi connectivity index (χ4v) is 3.70. The van der Waals surface area contributed by atoms with E-state index < -0.39 is 0 Å². The van der Waals surface area contributed by atoms with E-state index in [1.165, 1.54) is 11.3 Å². The Bertz CT molecular complexity index is 1170. The summed E-state index contributed by atoms with van der Waals surface area (Å²) in [5.41, 5.74) is 5.69. The number of carbonyl (C=O) groups excluding carboxylic acids is 1. The summed E-state index contributed by atoms with van der Waals surface area (Å²) in [4.78, 5) is 16.9. The topological polar surface area (TPSA) is 69.7 Å². The van der Waals surface area contributed by atoms with Crippen molar-refractivity contribution in [2.45, 2.75) is 6.61 Å². The normalized spacial score (nSPS) is 10.4. The molecule has 0 fully saturated rings. The average molecular weight is 447 g/mol. The van der Waals surface area contributed by atoms with Gasteiger partial charge in [0.05, 0.1) is 25.4 Å². The molecule has 0 saturated carbocycles. The van der Waals surface area contributed by atoms with Crippen LogP contribution < -0.4 is 19.5 Å². The van der Waals surface area contributed by atoms with Crippen LogP contribution in [0.15, 0.2) is 77.6 Å². The summed E-state index contributed by atoms with van der Waals surface area (Å²) in [7, 11) is 3.25. The number of benzene rings is 3. The lowest BCUT2D eigenvalue weighted by Gasteiger charge is -2.13. The second-order valence-electron chi connectivity index (χ2n) is 6.89. The number of nitrogens with zero attached hydrogens (tertiary/aromatic N) is 1. The number of carbonyl (C=O) groups is 1. The van der Waals surface area contributed by atoms with E-state index in [9.17, 15) is 4.79 Å². The van der Waals surface area contributed by atoms with E-state index in [0.717, 1.165) is 28.3 Å². The molecule has 0 saturated heterocycles. The van der Waals surface area contributed by atoms with Gasteiger partial charge in [0, 0.05) is 22.2 Å². The monoisotopic (exact) mass is 446 g/mol. The molecule has 1 heterocycles. The van der Waals surface area contributed by atoms with Crippen LogP contribution in [-0.2, 0) is 6.61 Å². The molecule has 0 aliphatic heterocycles. The van der Waals surface area contributed by atoms with Crippen molar-refractivity contribution in [3.8, 4) is 28.4 Å². The minimum absolute atomic E-state index is 0.207. The van der Waals surface area contributed by atoms with Gasteiger partial charge in [-0.3, -0.25) is 4.79 Å². The maximum absolute atomic E-state index is 12.7. The number of hydrogen-bond acceptors (Lipinski definition) is 6. The van der Waals surface area contributed by atoms with Crippen LogP contribution in [0.2, 0.25) is 0 Å². The minimum atomic E-state index is -0.207. The number of nitrogens with one attached hydrogen (secondary N) is 1. The lowest BCUT2D eigenvalue weighted by Crippen LogP contribution is -2.12. The lowest BCUT2D eigenvalue weighted by molar-refractivity contribution is 0.102. The molecule has 6 nitrogen and oxygen atoms in total. The van der Waals surface area contributed by atoms with E-state index in [1.807, 2.05) is 47.8 Å². The van der Waals surface area contributed by atoms with Crippen LogP contribution in [-0.4, -0.2) is 25.1 Å². The Labute approximate surface area is 190 Å². The molecular formula is C25H22N2O4S. The molecule has 7 heteroatoms. The number of rotatable bonds is 8. The van der Waals surface area contributed by atoms with Gasteiger partial charge >= 0.3 is 0 Å². The molecule has 3 aromatic carbocycles. The number of anilines is 1. The quantitative estimate of drug-likeness (QED) is 0.378. The summed E-state index contributed by atoms with van der Waals surface area (Å²) >= 11 is 1.53. The fraction of sp³-hybridized carbons (Fsp3) is 0.120. The van der Waals surface area contributed by atoms with E-state index >= 15 is 0 Å². The van der Waals surface area contributed by atoms with E-state index in [1.54, 1.807) is 44.0 Å². The standard InChI is InChI=1S/C25H22N2O4S/c1-29-21-8-3-17(4-9-21)23-13-19(7-12-24(23)30-2)27-25(28)18-5-10-22(11-6-18)31-14-20-15-32-16-26-20/h3-13,15-16H,14H2,1-2H3,(H,27,28). The summed E-state index contributed by atoms with van der Waals surface area (Å²) in [6.07, 6.45) is 0. The molecule has 162 valence electrons. The first-order valence-corrected chi connectivity index (χ1v) is 10.8. The van der Waals surface area contributed by atoms with Crippen molar-refractivity contribution in [3.05, 3.63) is 88.9 Å². The molecule has 0 aliphatic rings. The molecule has 1 amide bonds. The summed E-state index contributed by atoms with van der Waals surface area (Å²) < 4.78 is 16.4. The first-order chi connectivity index (χ1) is 15.7. The third-order valence-electron chi connectivity index (χ3n) is 4.85. The van der Waals surface area contributed by atoms with Crippen molar-refractivity contribution in [2.24, 2.45) is 0 Å². The molecule has 4 rings (SSSR count). The van der Waals surface area contributed by atoms with Crippen LogP contribution in [0.4, 0.5) is 5.69 Å². The predicted octanol–water partition coefficient (Wildman–Crippen LogP) is 5.66. The first-order valence-electron chi connectivity index (χ1n) is 9.90. The van der Waals surface area contributed by atoms with Crippen LogP contribution in [0.5, 0.6) is 17.2 Å². The summed E-state index contributed by atoms with van der Waals surface area (Å²) in [5, 5.41) is 4.89. The molecule has 0 aliphatic carbocycles. The zero-order chi connectivity index (χ0) is 22.3. The predicted molar refractivity (Wildman–Crippen MR) is 126 cm³/mol. The number of aromatic nitrogens is 1. The third kappa shape index (κ3) is 5.07. The number of amides is 1. The van der Waals surface area contributed by atoms with Crippen molar-refractivity contribution < 1.29 is 19.0 Å². The Balaban J connectivity index is 1.46. The Morgan fingerprint density at radius 3 is 2.34 bits per heavy atom. The van der Waals surface area contributed by atoms with Gasteiger partial charge in [0.25, 0.3) is 5.91 Å². The Morgan fingerprint density at radius 1 is 0.938 bits per heavy atom. The summed E-state index contributed by atoms with van der Waals surface area (Å²) in [6, 6.07) is 20.2. The Kier molecular flexibility index (Phi) is 6.67. The van der Waals surface area contributed by atoms with Crippen molar-refractivity contribution in [1.29, 1.82) is 0 Å². The highest BCUT2D eigenvalue weighted by atomic mass is 32.1. The molecule has 0 bridgehead atoms. The SMILES string of the molecule is COc1ccc(-c2cc(NC(=O)c3ccc(OCc4cscn4)cc3)ccc2OC)cc1. The smallest absolute Gasteiger partial charge is 0.255 e. The molecule has 0 spiro atoms. The van der Waals surface area contributed by atoms with Gasteiger partial charge in [0.1, 0.15) is 23.9 Å². The minimum Gasteiger partial charge on any atom is -0.497 e. The molecule has 0 atom stereocenters. The van der Waals surface area contributed by atoms with E-state index in [4.69, 9.17) is 14.2 Å². The van der Waals surface area contributed by atoms with E-state index in [2.05, 4.69) is 10.3 Å². The van der Waals surface area contributed by atoms with Crippen LogP contribution >= 0.6 is 11.3 Å². The van der Waals surface area contributed by atoms with Crippen molar-refractivity contribution in [2.75, 3.05) is 19.5 Å². The molecule has 4 aromatic rings. The Morgan fingerprint density at radius 2 is 1.69 bits per heavy atom. The highest BCUT2D eigenvalue weighted by molar-refractivity contribution is 7.07. The highest BCUT2D eigenvalue weighted by Gasteiger charge is 2.11. The van der Waals surface area contributed by atoms with Crippen molar-refractivity contribution in [1.82, 2.24) is 4.98 Å². The third-order valence-corrected chi connectivity index (χ3v) is 5.48. The van der Waals surface area contributed by atoms with E-state index in [-0.39, 0.29) is 5.91 Å². The first kappa shape index (κ1) is 21.4. The second kappa shape index (κ2) is 9.98. The van der Waals surface area contributed by atoms with Gasteiger partial charge in [-0.2, -0.15) is 0 Å². The maximum Gasteiger partial charge on any atom is 0.255 e. The van der Waals surface area contributed by atoms with E-state index in [0.29, 0.717) is 23.6 Å². The molecule has 1 aromatic heterocycles. The number of thiazole rings is 1. The molecule has 1 N–H and O–H groups in total. The molecule has 0 unspecified atom stereocenters. The molecule has 0 radical (unpaired) electrons. The number of hydrogen-bond donors (Lipinski definition) is 1. The van der Waals surface area contributed by atoms with Crippen LogP contribution in [0.1, 0.15) is 16.1 Å². The van der Waals surface area contributed by atoms with Crippen LogP contribution in [0.3, 0.4) is 0 Å². The van der Waals surface area contributed by atoms with Crippen molar-refractivity contribution >= 4 is 22.9 Å². The highest BCUT2D eigenvalue weighted by Crippen LogP contribution is 2.33.